The summed E-state index contributed by atoms with van der Waals surface area (Å²) < 4.78 is 0. The van der Waals surface area contributed by atoms with Crippen LogP contribution in [0, 0.1) is 11.3 Å². The van der Waals surface area contributed by atoms with E-state index in [-0.39, 0.29) is 10.6 Å². The quantitative estimate of drug-likeness (QED) is 0.726. The summed E-state index contributed by atoms with van der Waals surface area (Å²) in [4.78, 5) is 19.9. The van der Waals surface area contributed by atoms with Crippen molar-refractivity contribution in [1.29, 1.82) is 5.26 Å². The molecule has 3 rings (SSSR count). The standard InChI is InChI=1S/C16H9Cl2N3O/c17-9-5-6-10(12(18)7-9)15(22)11(8-19)16-20-13-3-1-2-4-14(13)21-16/h1-7,11H,(H,20,21). The number of ketones is 1. The van der Waals surface area contributed by atoms with Gasteiger partial charge >= 0.3 is 0 Å². The molecule has 2 aromatic carbocycles. The second-order valence-corrected chi connectivity index (χ2v) is 5.53. The number of nitrogens with one attached hydrogen (secondary N) is 1. The molecule has 0 bridgehead atoms. The van der Waals surface area contributed by atoms with Gasteiger partial charge in [0.15, 0.2) is 11.7 Å². The zero-order valence-corrected chi connectivity index (χ0v) is 12.7. The summed E-state index contributed by atoms with van der Waals surface area (Å²) in [7, 11) is 0. The van der Waals surface area contributed by atoms with Crippen LogP contribution in [0.5, 0.6) is 0 Å². The highest BCUT2D eigenvalue weighted by Crippen LogP contribution is 2.27. The third kappa shape index (κ3) is 2.57. The van der Waals surface area contributed by atoms with Gasteiger partial charge in [-0.05, 0) is 30.3 Å². The molecule has 0 fully saturated rings. The number of aromatic amines is 1. The van der Waals surface area contributed by atoms with Gasteiger partial charge in [-0.2, -0.15) is 5.26 Å². The fourth-order valence-corrected chi connectivity index (χ4v) is 2.70. The monoisotopic (exact) mass is 329 g/mol. The van der Waals surface area contributed by atoms with E-state index in [1.165, 1.54) is 12.1 Å². The Bertz CT molecular complexity index is 878. The summed E-state index contributed by atoms with van der Waals surface area (Å²) in [6.07, 6.45) is 0. The summed E-state index contributed by atoms with van der Waals surface area (Å²) in [6.45, 7) is 0. The van der Waals surface area contributed by atoms with Crippen LogP contribution in [0.25, 0.3) is 11.0 Å². The van der Waals surface area contributed by atoms with E-state index in [0.29, 0.717) is 16.4 Å². The van der Waals surface area contributed by atoms with Gasteiger partial charge in [-0.3, -0.25) is 4.79 Å². The van der Waals surface area contributed by atoms with Gasteiger partial charge in [-0.15, -0.1) is 0 Å². The molecular weight excluding hydrogens is 321 g/mol. The molecule has 4 nitrogen and oxygen atoms in total. The van der Waals surface area contributed by atoms with Gasteiger partial charge in [0, 0.05) is 10.6 Å². The van der Waals surface area contributed by atoms with Crippen molar-refractivity contribution < 1.29 is 4.79 Å². The highest BCUT2D eigenvalue weighted by Gasteiger charge is 2.26. The number of benzene rings is 2. The number of nitriles is 1. The molecule has 1 aromatic heterocycles. The molecule has 1 atom stereocenters. The molecule has 0 radical (unpaired) electrons. The van der Waals surface area contributed by atoms with E-state index in [0.717, 1.165) is 5.52 Å². The number of hydrogen-bond acceptors (Lipinski definition) is 3. The topological polar surface area (TPSA) is 69.5 Å². The second kappa shape index (κ2) is 5.80. The number of fused-ring (bicyclic) bond motifs is 1. The first kappa shape index (κ1) is 14.6. The third-order valence-corrected chi connectivity index (χ3v) is 3.82. The van der Waals surface area contributed by atoms with Crippen LogP contribution in [0.3, 0.4) is 0 Å². The minimum Gasteiger partial charge on any atom is -0.340 e. The Balaban J connectivity index is 2.03. The minimum absolute atomic E-state index is 0.217. The van der Waals surface area contributed by atoms with E-state index >= 15 is 0 Å². The number of halogens is 2. The molecule has 0 aliphatic rings. The molecule has 0 saturated carbocycles. The number of rotatable bonds is 3. The number of Topliss-reactive ketones (excluding diaryl/α,β-unsaturated/α-hetero) is 1. The Morgan fingerprint density at radius 3 is 2.68 bits per heavy atom. The van der Waals surface area contributed by atoms with E-state index in [1.54, 1.807) is 6.07 Å². The maximum absolute atomic E-state index is 12.6. The normalized spacial score (nSPS) is 12.0. The molecule has 0 spiro atoms. The average Bonchev–Trinajstić information content (AvgIpc) is 2.91. The van der Waals surface area contributed by atoms with E-state index in [4.69, 9.17) is 23.2 Å². The molecule has 0 saturated heterocycles. The lowest BCUT2D eigenvalue weighted by Crippen LogP contribution is -2.13. The molecule has 1 N–H and O–H groups in total. The fourth-order valence-electron chi connectivity index (χ4n) is 2.20. The van der Waals surface area contributed by atoms with Crippen molar-refractivity contribution in [3.05, 3.63) is 63.9 Å². The van der Waals surface area contributed by atoms with Crippen molar-refractivity contribution in [2.45, 2.75) is 5.92 Å². The molecule has 3 aromatic rings. The number of aromatic nitrogens is 2. The first-order valence-corrected chi connectivity index (χ1v) is 7.19. The maximum atomic E-state index is 12.6. The van der Waals surface area contributed by atoms with Crippen LogP contribution >= 0.6 is 23.2 Å². The molecule has 0 aliphatic heterocycles. The van der Waals surface area contributed by atoms with Crippen LogP contribution in [0.15, 0.2) is 42.5 Å². The third-order valence-electron chi connectivity index (χ3n) is 3.27. The SMILES string of the molecule is N#CC(C(=O)c1ccc(Cl)cc1Cl)c1nc2ccccc2[nH]1. The first-order valence-electron chi connectivity index (χ1n) is 6.43. The molecular formula is C16H9Cl2N3O. The van der Waals surface area contributed by atoms with Crippen LogP contribution in [0.1, 0.15) is 22.1 Å². The van der Waals surface area contributed by atoms with Crippen molar-refractivity contribution in [2.75, 3.05) is 0 Å². The van der Waals surface area contributed by atoms with E-state index in [2.05, 4.69) is 9.97 Å². The van der Waals surface area contributed by atoms with Gasteiger partial charge in [0.1, 0.15) is 5.82 Å². The maximum Gasteiger partial charge on any atom is 0.189 e. The second-order valence-electron chi connectivity index (χ2n) is 4.69. The Morgan fingerprint density at radius 2 is 2.00 bits per heavy atom. The number of imidazole rings is 1. The van der Waals surface area contributed by atoms with Crippen molar-refractivity contribution in [3.8, 4) is 6.07 Å². The number of hydrogen-bond donors (Lipinski definition) is 1. The molecule has 108 valence electrons. The lowest BCUT2D eigenvalue weighted by atomic mass is 9.98. The lowest BCUT2D eigenvalue weighted by molar-refractivity contribution is 0.0976. The highest BCUT2D eigenvalue weighted by atomic mass is 35.5. The van der Waals surface area contributed by atoms with Crippen molar-refractivity contribution >= 4 is 40.0 Å². The van der Waals surface area contributed by atoms with Gasteiger partial charge in [-0.25, -0.2) is 4.98 Å². The molecule has 0 amide bonds. The number of nitrogens with zero attached hydrogens (tertiary/aromatic N) is 2. The number of H-pyrrole nitrogens is 1. The largest absolute Gasteiger partial charge is 0.340 e. The van der Waals surface area contributed by atoms with E-state index < -0.39 is 11.7 Å². The summed E-state index contributed by atoms with van der Waals surface area (Å²) in [5.74, 6) is -1.16. The van der Waals surface area contributed by atoms with Gasteiger partial charge < -0.3 is 4.98 Å². The van der Waals surface area contributed by atoms with Crippen LogP contribution in [0.2, 0.25) is 10.0 Å². The molecule has 1 heterocycles. The van der Waals surface area contributed by atoms with Crippen LogP contribution in [-0.4, -0.2) is 15.8 Å². The van der Waals surface area contributed by atoms with Crippen LogP contribution < -0.4 is 0 Å². The highest BCUT2D eigenvalue weighted by molar-refractivity contribution is 6.37. The Morgan fingerprint density at radius 1 is 1.23 bits per heavy atom. The zero-order valence-electron chi connectivity index (χ0n) is 11.2. The number of para-hydroxylation sites is 2. The van der Waals surface area contributed by atoms with Crippen molar-refractivity contribution in [3.63, 3.8) is 0 Å². The Labute approximate surface area is 136 Å². The molecule has 6 heteroatoms. The van der Waals surface area contributed by atoms with E-state index in [1.807, 2.05) is 30.3 Å². The van der Waals surface area contributed by atoms with Gasteiger partial charge in [-0.1, -0.05) is 35.3 Å². The molecule has 0 aliphatic carbocycles. The average molecular weight is 330 g/mol. The predicted molar refractivity (Wildman–Crippen MR) is 85.2 cm³/mol. The Hall–Kier alpha value is -2.35. The molecule has 22 heavy (non-hydrogen) atoms. The van der Waals surface area contributed by atoms with Gasteiger partial charge in [0.2, 0.25) is 0 Å². The van der Waals surface area contributed by atoms with Crippen molar-refractivity contribution in [2.24, 2.45) is 0 Å². The minimum atomic E-state index is -1.05. The molecule has 1 unspecified atom stereocenters. The Kier molecular flexibility index (Phi) is 3.84. The van der Waals surface area contributed by atoms with Gasteiger partial charge in [0.25, 0.3) is 0 Å². The van der Waals surface area contributed by atoms with Crippen molar-refractivity contribution in [1.82, 2.24) is 9.97 Å². The number of carbonyl (C=O) groups excluding carboxylic acids is 1. The summed E-state index contributed by atoms with van der Waals surface area (Å²) in [6, 6.07) is 13.9. The van der Waals surface area contributed by atoms with Crippen LogP contribution in [0.4, 0.5) is 0 Å². The number of carbonyl (C=O) groups is 1. The van der Waals surface area contributed by atoms with Crippen LogP contribution in [-0.2, 0) is 0 Å². The van der Waals surface area contributed by atoms with E-state index in [9.17, 15) is 10.1 Å². The summed E-state index contributed by atoms with van der Waals surface area (Å²) >= 11 is 11.9. The first-order chi connectivity index (χ1) is 10.6. The lowest BCUT2D eigenvalue weighted by Gasteiger charge is -2.07. The fraction of sp³-hybridized carbons (Fsp3) is 0.0625. The smallest absolute Gasteiger partial charge is 0.189 e. The van der Waals surface area contributed by atoms with Gasteiger partial charge in [0.05, 0.1) is 22.1 Å². The zero-order chi connectivity index (χ0) is 15.7. The summed E-state index contributed by atoms with van der Waals surface area (Å²) in [5, 5.41) is 10.0. The predicted octanol–water partition coefficient (Wildman–Crippen LogP) is 4.36. The summed E-state index contributed by atoms with van der Waals surface area (Å²) in [5.41, 5.74) is 1.72.